The highest BCUT2D eigenvalue weighted by Gasteiger charge is 2.39. The van der Waals surface area contributed by atoms with Crippen LogP contribution in [-0.2, 0) is 25.5 Å². The van der Waals surface area contributed by atoms with Gasteiger partial charge in [-0.1, -0.05) is 31.5 Å². The SMILES string of the molecule is CCCOC(=O)CC(NC(=O)[C@H](CC)[N+]1=CCc2ccc(Cl)cc2C1=O)C(=O)COc1c(F)c(F)cc(F)c1F. The molecule has 2 aromatic rings. The topological polar surface area (TPSA) is 102 Å². The lowest BCUT2D eigenvalue weighted by molar-refractivity contribution is -0.456. The van der Waals surface area contributed by atoms with Crippen LogP contribution < -0.4 is 10.1 Å². The van der Waals surface area contributed by atoms with Crippen molar-refractivity contribution < 1.29 is 50.8 Å². The number of carbonyl (C=O) groups is 4. The van der Waals surface area contributed by atoms with E-state index in [0.29, 0.717) is 29.0 Å². The van der Waals surface area contributed by atoms with Gasteiger partial charge in [0.05, 0.1) is 25.0 Å². The Morgan fingerprint density at radius 1 is 1.07 bits per heavy atom. The zero-order valence-corrected chi connectivity index (χ0v) is 22.3. The summed E-state index contributed by atoms with van der Waals surface area (Å²) in [4.78, 5) is 51.6. The molecular weight excluding hydrogens is 560 g/mol. The molecule has 214 valence electrons. The minimum absolute atomic E-state index is 0.0255. The third-order valence-electron chi connectivity index (χ3n) is 6.04. The summed E-state index contributed by atoms with van der Waals surface area (Å²) in [5.74, 6) is -11.9. The van der Waals surface area contributed by atoms with E-state index in [2.05, 4.69) is 5.32 Å². The first kappa shape index (κ1) is 30.7. The predicted molar refractivity (Wildman–Crippen MR) is 134 cm³/mol. The summed E-state index contributed by atoms with van der Waals surface area (Å²) in [6.45, 7) is 2.23. The van der Waals surface area contributed by atoms with E-state index >= 15 is 0 Å². The zero-order chi connectivity index (χ0) is 29.6. The molecule has 1 aliphatic rings. The van der Waals surface area contributed by atoms with Crippen LogP contribution in [-0.4, -0.2) is 59.7 Å². The molecule has 3 rings (SSSR count). The van der Waals surface area contributed by atoms with Crippen LogP contribution in [0.4, 0.5) is 17.6 Å². The number of ether oxygens (including phenoxy) is 2. The monoisotopic (exact) mass is 585 g/mol. The van der Waals surface area contributed by atoms with Crippen molar-refractivity contribution in [3.8, 4) is 5.75 Å². The first-order valence-corrected chi connectivity index (χ1v) is 12.7. The van der Waals surface area contributed by atoms with Gasteiger partial charge in [0.15, 0.2) is 29.4 Å². The molecule has 0 spiro atoms. The Bertz CT molecular complexity index is 1340. The molecule has 0 bridgehead atoms. The number of benzene rings is 2. The van der Waals surface area contributed by atoms with Crippen molar-refractivity contribution in [3.05, 3.63) is 63.7 Å². The van der Waals surface area contributed by atoms with Gasteiger partial charge in [-0.3, -0.25) is 14.4 Å². The van der Waals surface area contributed by atoms with E-state index in [-0.39, 0.29) is 19.1 Å². The van der Waals surface area contributed by atoms with Gasteiger partial charge in [0, 0.05) is 17.5 Å². The number of Topliss-reactive ketones (excluding diaryl/α,β-unsaturated/α-hetero) is 1. The van der Waals surface area contributed by atoms with Crippen molar-refractivity contribution in [3.63, 3.8) is 0 Å². The molecule has 1 unspecified atom stereocenters. The fraction of sp³-hybridized carbons (Fsp3) is 0.370. The van der Waals surface area contributed by atoms with Crippen LogP contribution in [0.3, 0.4) is 0 Å². The number of amides is 2. The summed E-state index contributed by atoms with van der Waals surface area (Å²) in [6.07, 6.45) is 1.75. The number of halogens is 5. The Morgan fingerprint density at radius 2 is 1.75 bits per heavy atom. The maximum atomic E-state index is 14.0. The largest absolute Gasteiger partial charge is 0.479 e. The average Bonchev–Trinajstić information content (AvgIpc) is 2.92. The van der Waals surface area contributed by atoms with E-state index in [0.717, 1.165) is 0 Å². The minimum Gasteiger partial charge on any atom is -0.479 e. The predicted octanol–water partition coefficient (Wildman–Crippen LogP) is 3.93. The van der Waals surface area contributed by atoms with E-state index in [1.54, 1.807) is 26.0 Å². The second kappa shape index (κ2) is 13.5. The lowest BCUT2D eigenvalue weighted by atomic mass is 9.99. The summed E-state index contributed by atoms with van der Waals surface area (Å²) >= 11 is 6.02. The molecule has 0 radical (unpaired) electrons. The van der Waals surface area contributed by atoms with Gasteiger partial charge < -0.3 is 14.8 Å². The minimum atomic E-state index is -1.86. The van der Waals surface area contributed by atoms with Gasteiger partial charge in [-0.25, -0.2) is 13.6 Å². The van der Waals surface area contributed by atoms with Crippen LogP contribution in [0.15, 0.2) is 24.3 Å². The van der Waals surface area contributed by atoms with Crippen LogP contribution in [0, 0.1) is 23.3 Å². The number of fused-ring (bicyclic) bond motifs is 1. The number of ketones is 1. The fourth-order valence-corrected chi connectivity index (χ4v) is 4.17. The fourth-order valence-electron chi connectivity index (χ4n) is 4.00. The maximum Gasteiger partial charge on any atom is 0.420 e. The number of rotatable bonds is 12. The summed E-state index contributed by atoms with van der Waals surface area (Å²) in [5, 5.41) is 2.70. The third-order valence-corrected chi connectivity index (χ3v) is 6.28. The first-order chi connectivity index (χ1) is 19.0. The molecule has 0 saturated carbocycles. The normalized spacial score (nSPS) is 14.1. The second-order valence-electron chi connectivity index (χ2n) is 8.86. The Labute approximate surface area is 231 Å². The van der Waals surface area contributed by atoms with Gasteiger partial charge in [0.1, 0.15) is 12.6 Å². The molecule has 1 N–H and O–H groups in total. The summed E-state index contributed by atoms with van der Waals surface area (Å²) in [6, 6.07) is 2.06. The Hall–Kier alpha value is -3.80. The Kier molecular flexibility index (Phi) is 10.4. The zero-order valence-electron chi connectivity index (χ0n) is 21.6. The van der Waals surface area contributed by atoms with E-state index in [1.807, 2.05) is 0 Å². The molecule has 13 heteroatoms. The molecule has 2 atom stereocenters. The highest BCUT2D eigenvalue weighted by atomic mass is 35.5. The highest BCUT2D eigenvalue weighted by Crippen LogP contribution is 2.26. The molecule has 1 aliphatic heterocycles. The Balaban J connectivity index is 1.81. The molecule has 1 heterocycles. The molecular formula is C27H26ClF4N2O6+. The number of hydrogen-bond donors (Lipinski definition) is 1. The summed E-state index contributed by atoms with van der Waals surface area (Å²) < 4.78 is 65.8. The van der Waals surface area contributed by atoms with E-state index in [1.165, 1.54) is 16.9 Å². The molecule has 8 nitrogen and oxygen atoms in total. The van der Waals surface area contributed by atoms with Crippen LogP contribution in [0.1, 0.15) is 49.0 Å². The van der Waals surface area contributed by atoms with Crippen molar-refractivity contribution in [2.45, 2.75) is 51.6 Å². The van der Waals surface area contributed by atoms with E-state index < -0.39 is 77.7 Å². The van der Waals surface area contributed by atoms with E-state index in [4.69, 9.17) is 21.1 Å². The lowest BCUT2D eigenvalue weighted by Gasteiger charge is -2.21. The lowest BCUT2D eigenvalue weighted by Crippen LogP contribution is -2.52. The molecule has 40 heavy (non-hydrogen) atoms. The molecule has 0 aromatic heterocycles. The van der Waals surface area contributed by atoms with Gasteiger partial charge in [0.2, 0.25) is 17.7 Å². The average molecular weight is 586 g/mol. The van der Waals surface area contributed by atoms with Crippen LogP contribution in [0.25, 0.3) is 0 Å². The standard InChI is InChI=1S/C27H25ClF4N2O6/c1-3-9-39-22(36)12-19(21(35)13-40-25-23(31)17(29)11-18(30)24(25)32)33-26(37)20(4-2)34-8-7-14-5-6-15(28)10-16(14)27(34)38/h5-6,8,10-11,19-20H,3-4,7,9,12-13H2,1-2H3/p+1/t19?,20-/m0/s1. The Morgan fingerprint density at radius 3 is 2.38 bits per heavy atom. The number of nitrogens with one attached hydrogen (secondary N) is 1. The van der Waals surface area contributed by atoms with Gasteiger partial charge in [-0.05, 0) is 24.1 Å². The summed E-state index contributed by atoms with van der Waals surface area (Å²) in [5.41, 5.74) is 1.01. The molecule has 0 fully saturated rings. The van der Waals surface area contributed by atoms with Gasteiger partial charge in [-0.2, -0.15) is 13.4 Å². The third kappa shape index (κ3) is 7.04. The van der Waals surface area contributed by atoms with Crippen molar-refractivity contribution in [2.24, 2.45) is 0 Å². The van der Waals surface area contributed by atoms with Gasteiger partial charge in [0.25, 0.3) is 5.91 Å². The molecule has 2 aromatic carbocycles. The van der Waals surface area contributed by atoms with Crippen LogP contribution >= 0.6 is 11.6 Å². The molecule has 0 aliphatic carbocycles. The number of carbonyl (C=O) groups excluding carboxylic acids is 4. The van der Waals surface area contributed by atoms with Crippen molar-refractivity contribution in [1.82, 2.24) is 5.32 Å². The van der Waals surface area contributed by atoms with Crippen molar-refractivity contribution >= 4 is 41.4 Å². The molecule has 0 saturated heterocycles. The summed E-state index contributed by atoms with van der Waals surface area (Å²) in [7, 11) is 0. The first-order valence-electron chi connectivity index (χ1n) is 12.4. The highest BCUT2D eigenvalue weighted by molar-refractivity contribution is 6.31. The number of esters is 1. The van der Waals surface area contributed by atoms with Gasteiger partial charge in [-0.15, -0.1) is 0 Å². The van der Waals surface area contributed by atoms with Gasteiger partial charge >= 0.3 is 11.9 Å². The van der Waals surface area contributed by atoms with E-state index in [9.17, 15) is 36.7 Å². The smallest absolute Gasteiger partial charge is 0.420 e. The number of hydrogen-bond acceptors (Lipinski definition) is 6. The van der Waals surface area contributed by atoms with Crippen LogP contribution in [0.2, 0.25) is 5.02 Å². The maximum absolute atomic E-state index is 14.0. The second-order valence-corrected chi connectivity index (χ2v) is 9.30. The molecule has 2 amide bonds. The quantitative estimate of drug-likeness (QED) is 0.175. The van der Waals surface area contributed by atoms with Crippen molar-refractivity contribution in [2.75, 3.05) is 13.2 Å². The van der Waals surface area contributed by atoms with Crippen molar-refractivity contribution in [1.29, 1.82) is 0 Å². The number of nitrogens with zero attached hydrogens (tertiary/aromatic N) is 1. The van der Waals surface area contributed by atoms with Crippen LogP contribution in [0.5, 0.6) is 5.75 Å².